The molecular weight excluding hydrogens is 1800 g/mol. The Balaban J connectivity index is 0.000000128. The number of allylic oxidation sites excluding steroid dienone is 4. The van der Waals surface area contributed by atoms with Crippen molar-refractivity contribution in [2.75, 3.05) is 52.4 Å². The van der Waals surface area contributed by atoms with Crippen molar-refractivity contribution in [3.63, 3.8) is 0 Å². The van der Waals surface area contributed by atoms with Gasteiger partial charge in [0.2, 0.25) is 0 Å². The maximum atomic E-state index is 12.7. The topological polar surface area (TPSA) is 206 Å². The molecule has 4 aliphatic carbocycles. The van der Waals surface area contributed by atoms with Crippen molar-refractivity contribution in [3.05, 3.63) is 329 Å². The maximum Gasteiger partial charge on any atom is 0.410 e. The molecule has 24 heteroatoms. The Morgan fingerprint density at radius 1 is 0.370 bits per heavy atom. The molecule has 4 unspecified atom stereocenters. The van der Waals surface area contributed by atoms with Crippen molar-refractivity contribution >= 4 is 105 Å². The van der Waals surface area contributed by atoms with E-state index >= 15 is 0 Å². The average Bonchev–Trinajstić information content (AvgIpc) is 1.62. The van der Waals surface area contributed by atoms with Crippen LogP contribution in [0, 0.1) is 51.4 Å². The number of likely N-dealkylation sites (tertiary alicyclic amines) is 2. The summed E-state index contributed by atoms with van der Waals surface area (Å²) in [6.45, 7) is 30.6. The fourth-order valence-electron chi connectivity index (χ4n) is 22.0. The number of aryl methyl sites for hydroxylation is 8. The number of halogens is 4. The third-order valence-electron chi connectivity index (χ3n) is 28.6. The maximum absolute atomic E-state index is 12.7. The largest absolute Gasteiger partial charge is 0.444 e. The zero-order valence-corrected chi connectivity index (χ0v) is 84.6. The molecular formula is C114H132Cl4N16O4. The number of rotatable bonds is 20. The van der Waals surface area contributed by atoms with E-state index < -0.39 is 11.2 Å². The van der Waals surface area contributed by atoms with Gasteiger partial charge in [-0.15, -0.1) is 0 Å². The fraction of sp³-hybridized carbons (Fsp3) is 0.421. The Morgan fingerprint density at radius 3 is 0.913 bits per heavy atom. The van der Waals surface area contributed by atoms with Gasteiger partial charge in [-0.1, -0.05) is 119 Å². The molecule has 0 spiro atoms. The van der Waals surface area contributed by atoms with E-state index in [0.29, 0.717) is 61.7 Å². The first kappa shape index (κ1) is 98.5. The number of aromatic nitrogens is 12. The van der Waals surface area contributed by atoms with Crippen molar-refractivity contribution in [3.8, 4) is 0 Å². The summed E-state index contributed by atoms with van der Waals surface area (Å²) in [6, 6.07) is 42.5. The fourth-order valence-corrected chi connectivity index (χ4v) is 22.7. The summed E-state index contributed by atoms with van der Waals surface area (Å²) in [5.41, 5.74) is 28.7. The molecule has 0 saturated carbocycles. The number of nitrogens with zero attached hydrogens (tertiary/aromatic N) is 14. The smallest absolute Gasteiger partial charge is 0.410 e. The van der Waals surface area contributed by atoms with E-state index in [1.807, 2.05) is 164 Å². The van der Waals surface area contributed by atoms with Crippen LogP contribution in [-0.4, -0.2) is 144 Å². The van der Waals surface area contributed by atoms with E-state index in [1.54, 1.807) is 0 Å². The lowest BCUT2D eigenvalue weighted by Crippen LogP contribution is -2.42. The molecule has 4 aliphatic heterocycles. The first-order valence-corrected chi connectivity index (χ1v) is 51.4. The van der Waals surface area contributed by atoms with Crippen LogP contribution in [0.2, 0.25) is 20.1 Å². The minimum absolute atomic E-state index is 0.142. The number of carbonyl (C=O) groups is 2. The quantitative estimate of drug-likeness (QED) is 0.0728. The lowest BCUT2D eigenvalue weighted by molar-refractivity contribution is 0.0167. The van der Waals surface area contributed by atoms with Crippen LogP contribution < -0.4 is 10.6 Å². The third kappa shape index (κ3) is 24.3. The number of amides is 2. The predicted molar refractivity (Wildman–Crippen MR) is 559 cm³/mol. The van der Waals surface area contributed by atoms with Gasteiger partial charge < -0.3 is 48.2 Å². The molecule has 138 heavy (non-hydrogen) atoms. The van der Waals surface area contributed by atoms with Gasteiger partial charge in [0.25, 0.3) is 0 Å². The van der Waals surface area contributed by atoms with Gasteiger partial charge in [-0.25, -0.2) is 29.5 Å². The molecule has 8 aromatic heterocycles. The van der Waals surface area contributed by atoms with E-state index in [0.717, 1.165) is 172 Å². The Labute approximate surface area is 834 Å². The van der Waals surface area contributed by atoms with Crippen LogP contribution >= 0.6 is 46.4 Å². The number of ether oxygens (including phenoxy) is 2. The normalized spacial score (nSPS) is 18.3. The zero-order valence-electron chi connectivity index (χ0n) is 81.6. The summed E-state index contributed by atoms with van der Waals surface area (Å²) < 4.78 is 20.0. The highest BCUT2D eigenvalue weighted by Crippen LogP contribution is 2.51. The monoisotopic (exact) mass is 1930 g/mol. The minimum Gasteiger partial charge on any atom is -0.444 e. The van der Waals surface area contributed by atoms with Crippen molar-refractivity contribution in [1.82, 2.24) is 78.6 Å². The van der Waals surface area contributed by atoms with Gasteiger partial charge in [0.1, 0.15) is 11.2 Å². The molecule has 12 aromatic rings. The molecule has 12 heterocycles. The number of carbonyl (C=O) groups excluding carboxylic acids is 2. The van der Waals surface area contributed by atoms with E-state index in [2.05, 4.69) is 184 Å². The highest BCUT2D eigenvalue weighted by Gasteiger charge is 2.41. The molecule has 20 rings (SSSR count). The van der Waals surface area contributed by atoms with Crippen molar-refractivity contribution in [1.29, 1.82) is 0 Å². The molecule has 0 radical (unpaired) electrons. The van der Waals surface area contributed by atoms with Gasteiger partial charge in [-0.3, -0.25) is 19.9 Å². The number of fused-ring (bicyclic) bond motifs is 8. The number of imidazole rings is 4. The standard InChI is InChI=1S/2C31H37ClN4O2.2C26H29ClN4/c1-21-19-33-20-36(21)14-6-7-23-17-24-18-25(32)9-10-26(24)28(29-27(23)8-5-13-34-29)22-11-15-35(16-12-22)30(37)38-31(2,3)4;1-21-19-35(20-34-21)14-6-7-23-17-24-18-25(32)9-10-26(24)28(29-27(23)8-5-13-33-29)22-11-15-36(16-12-22)30(37)38-31(2,3)4;1-18-16-29-17-31(18)13-3-4-20-14-21-15-22(27)6-7-23(21)25(19-8-11-28-12-9-19)26-24(20)5-2-10-30-26;1-18-16-31(17-30-18)13-3-4-20-14-21-15-22(27)6-7-23(21)25(19-8-11-28-12-9-19)26-24(20)5-2-10-29-26/h2*5,8-10,13,17-20,22,28H,6-7,11-12,14-16H2,1-4H3;2*2,5-7,10,14-17,19,25,28H,3-4,8-9,11-13H2,1H3. The van der Waals surface area contributed by atoms with Crippen LogP contribution in [0.15, 0.2) is 196 Å². The SMILES string of the molecule is Cc1cn(CCCC2=Cc3cc(Cl)ccc3C(C3CCN(C(=O)OC(C)(C)C)CC3)c3ncccc32)cn1.Cc1cn(CCCC2=Cc3cc(Cl)ccc3C(C3CCNCC3)c3ncccc32)cn1.Cc1cncn1CCCC1=Cc2cc(Cl)ccc2C(C2CCN(C(=O)OC(C)(C)C)CC2)c2ncccc21.Cc1cncn1CCCC1=Cc2cc(Cl)ccc2C(C2CCNCC2)c2ncccc21. The van der Waals surface area contributed by atoms with Gasteiger partial charge >= 0.3 is 12.2 Å². The van der Waals surface area contributed by atoms with Crippen LogP contribution in [0.5, 0.6) is 0 Å². The lowest BCUT2D eigenvalue weighted by Gasteiger charge is -2.37. The molecule has 4 aromatic carbocycles. The van der Waals surface area contributed by atoms with E-state index in [9.17, 15) is 9.59 Å². The van der Waals surface area contributed by atoms with Gasteiger partial charge in [-0.05, 0) is 384 Å². The number of hydrogen-bond acceptors (Lipinski definition) is 14. The Bertz CT molecular complexity index is 6370. The average molecular weight is 1930 g/mol. The lowest BCUT2D eigenvalue weighted by atomic mass is 9.76. The molecule has 0 bridgehead atoms. The summed E-state index contributed by atoms with van der Waals surface area (Å²) in [5.74, 6) is 2.83. The number of piperidine rings is 4. The minimum atomic E-state index is -0.491. The molecule has 720 valence electrons. The molecule has 4 saturated heterocycles. The molecule has 8 aliphatic rings. The Hall–Kier alpha value is -11.1. The van der Waals surface area contributed by atoms with Crippen LogP contribution in [0.3, 0.4) is 0 Å². The van der Waals surface area contributed by atoms with Crippen LogP contribution in [0.25, 0.3) is 46.6 Å². The summed E-state index contributed by atoms with van der Waals surface area (Å²) in [6.07, 6.45) is 48.7. The second-order valence-electron chi connectivity index (χ2n) is 40.6. The number of pyridine rings is 4. The van der Waals surface area contributed by atoms with Gasteiger partial charge in [-0.2, -0.15) is 0 Å². The van der Waals surface area contributed by atoms with Crippen molar-refractivity contribution in [2.45, 2.75) is 233 Å². The second kappa shape index (κ2) is 45.0. The highest BCUT2D eigenvalue weighted by atomic mass is 35.5. The Kier molecular flexibility index (Phi) is 32.1. The Morgan fingerprint density at radius 2 is 0.652 bits per heavy atom. The zero-order chi connectivity index (χ0) is 96.1. The molecule has 2 N–H and O–H groups in total. The summed E-state index contributed by atoms with van der Waals surface area (Å²) in [5, 5.41) is 10.1. The van der Waals surface area contributed by atoms with Gasteiger partial charge in [0, 0.05) is 157 Å². The van der Waals surface area contributed by atoms with Gasteiger partial charge in [0.05, 0.1) is 59.5 Å². The summed E-state index contributed by atoms with van der Waals surface area (Å²) in [4.78, 5) is 66.2. The van der Waals surface area contributed by atoms with Crippen LogP contribution in [0.1, 0.15) is 280 Å². The summed E-state index contributed by atoms with van der Waals surface area (Å²) >= 11 is 25.9. The van der Waals surface area contributed by atoms with E-state index in [-0.39, 0.29) is 24.0 Å². The van der Waals surface area contributed by atoms with Gasteiger partial charge in [0.15, 0.2) is 0 Å². The predicted octanol–water partition coefficient (Wildman–Crippen LogP) is 26.1. The molecule has 4 fully saturated rings. The number of benzene rings is 4. The van der Waals surface area contributed by atoms with Crippen LogP contribution in [0.4, 0.5) is 9.59 Å². The van der Waals surface area contributed by atoms with Crippen molar-refractivity contribution < 1.29 is 19.1 Å². The molecule has 4 atom stereocenters. The second-order valence-corrected chi connectivity index (χ2v) is 42.3. The summed E-state index contributed by atoms with van der Waals surface area (Å²) in [7, 11) is 0. The van der Waals surface area contributed by atoms with Crippen LogP contribution in [-0.2, 0) is 35.7 Å². The van der Waals surface area contributed by atoms with E-state index in [1.165, 1.54) is 138 Å². The highest BCUT2D eigenvalue weighted by molar-refractivity contribution is 6.32. The number of hydrogen-bond donors (Lipinski definition) is 2. The van der Waals surface area contributed by atoms with Crippen molar-refractivity contribution in [2.24, 2.45) is 23.7 Å². The third-order valence-corrected chi connectivity index (χ3v) is 29.5. The molecule has 20 nitrogen and oxygen atoms in total. The van der Waals surface area contributed by atoms with E-state index in [4.69, 9.17) is 75.8 Å². The first-order valence-electron chi connectivity index (χ1n) is 49.9. The number of nitrogens with one attached hydrogen (secondary N) is 2. The first-order chi connectivity index (χ1) is 66.8. The molecule has 2 amide bonds.